The van der Waals surface area contributed by atoms with E-state index >= 15 is 0 Å². The highest BCUT2D eigenvalue weighted by atomic mass is 16.5. The van der Waals surface area contributed by atoms with Crippen LogP contribution in [0.25, 0.3) is 11.4 Å². The van der Waals surface area contributed by atoms with Crippen LogP contribution < -0.4 is 0 Å². The van der Waals surface area contributed by atoms with Crippen molar-refractivity contribution in [2.75, 3.05) is 45.9 Å². The largest absolute Gasteiger partial charge is 0.381 e. The lowest BCUT2D eigenvalue weighted by atomic mass is 9.91. The lowest BCUT2D eigenvalue weighted by molar-refractivity contribution is -0.141. The monoisotopic (exact) mass is 506 g/mol. The van der Waals surface area contributed by atoms with E-state index < -0.39 is 0 Å². The number of nitrogens with zero attached hydrogens (tertiary/aromatic N) is 6. The quantitative estimate of drug-likeness (QED) is 0.633. The Morgan fingerprint density at radius 2 is 1.41 bits per heavy atom. The predicted molar refractivity (Wildman–Crippen MR) is 138 cm³/mol. The van der Waals surface area contributed by atoms with Crippen LogP contribution in [0, 0.1) is 11.8 Å². The SMILES string of the molecule is O=C(C1CCOCC1)N1CCC(N2CCC(C(=O)N3CCn4c(nnc4-c4ccccc4)C3)CC2)CC1. The summed E-state index contributed by atoms with van der Waals surface area (Å²) >= 11 is 0. The van der Waals surface area contributed by atoms with Crippen LogP contribution in [0.2, 0.25) is 0 Å². The summed E-state index contributed by atoms with van der Waals surface area (Å²) in [7, 11) is 0. The van der Waals surface area contributed by atoms with Gasteiger partial charge in [-0.2, -0.15) is 0 Å². The molecular formula is C28H38N6O3. The molecular weight excluding hydrogens is 468 g/mol. The third kappa shape index (κ3) is 5.16. The van der Waals surface area contributed by atoms with Crippen LogP contribution in [0.15, 0.2) is 30.3 Å². The summed E-state index contributed by atoms with van der Waals surface area (Å²) in [6.07, 6.45) is 5.64. The summed E-state index contributed by atoms with van der Waals surface area (Å²) in [6.45, 7) is 7.08. The van der Waals surface area contributed by atoms with Crippen molar-refractivity contribution >= 4 is 11.8 Å². The second-order valence-electron chi connectivity index (χ2n) is 11.0. The van der Waals surface area contributed by atoms with Crippen molar-refractivity contribution < 1.29 is 14.3 Å². The van der Waals surface area contributed by atoms with Crippen molar-refractivity contribution in [3.05, 3.63) is 36.2 Å². The molecule has 0 saturated carbocycles. The Bertz CT molecular complexity index is 1080. The van der Waals surface area contributed by atoms with E-state index in [-0.39, 0.29) is 17.7 Å². The summed E-state index contributed by atoms with van der Waals surface area (Å²) < 4.78 is 7.57. The molecule has 3 saturated heterocycles. The average Bonchev–Trinajstić information content (AvgIpc) is 3.41. The summed E-state index contributed by atoms with van der Waals surface area (Å²) in [4.78, 5) is 32.9. The highest BCUT2D eigenvalue weighted by Gasteiger charge is 2.35. The summed E-state index contributed by atoms with van der Waals surface area (Å²) in [5.41, 5.74) is 1.06. The van der Waals surface area contributed by atoms with E-state index in [2.05, 4.69) is 36.7 Å². The normalized spacial score (nSPS) is 22.7. The van der Waals surface area contributed by atoms with E-state index in [1.54, 1.807) is 0 Å². The molecule has 0 spiro atoms. The number of benzene rings is 1. The van der Waals surface area contributed by atoms with E-state index in [1.807, 2.05) is 23.1 Å². The number of likely N-dealkylation sites (tertiary alicyclic amines) is 2. The number of fused-ring (bicyclic) bond motifs is 1. The maximum absolute atomic E-state index is 13.4. The zero-order valence-electron chi connectivity index (χ0n) is 21.6. The predicted octanol–water partition coefficient (Wildman–Crippen LogP) is 2.42. The molecule has 3 fully saturated rings. The van der Waals surface area contributed by atoms with Gasteiger partial charge in [0, 0.05) is 62.8 Å². The standard InChI is InChI=1S/C28H38N6O3/c35-27(23-10-18-37-19-11-23)32-14-8-24(9-15-32)31-12-6-22(7-13-31)28(36)33-16-17-34-25(20-33)29-30-26(34)21-4-2-1-3-5-21/h1-5,22-24H,6-20H2. The first-order valence-electron chi connectivity index (χ1n) is 14.0. The Morgan fingerprint density at radius 1 is 0.730 bits per heavy atom. The van der Waals surface area contributed by atoms with E-state index in [4.69, 9.17) is 4.74 Å². The highest BCUT2D eigenvalue weighted by Crippen LogP contribution is 2.28. The fourth-order valence-electron chi connectivity index (χ4n) is 6.57. The third-order valence-corrected chi connectivity index (χ3v) is 8.84. The number of ether oxygens (including phenoxy) is 1. The molecule has 5 heterocycles. The molecule has 9 nitrogen and oxygen atoms in total. The van der Waals surface area contributed by atoms with Crippen LogP contribution in [0.5, 0.6) is 0 Å². The van der Waals surface area contributed by atoms with E-state index in [9.17, 15) is 9.59 Å². The fraction of sp³-hybridized carbons (Fsp3) is 0.643. The van der Waals surface area contributed by atoms with Gasteiger partial charge in [0.25, 0.3) is 0 Å². The zero-order chi connectivity index (χ0) is 25.2. The van der Waals surface area contributed by atoms with Crippen molar-refractivity contribution in [1.82, 2.24) is 29.5 Å². The van der Waals surface area contributed by atoms with Crippen molar-refractivity contribution in [3.8, 4) is 11.4 Å². The molecule has 0 aliphatic carbocycles. The van der Waals surface area contributed by atoms with Crippen molar-refractivity contribution in [1.29, 1.82) is 0 Å². The number of amides is 2. The minimum absolute atomic E-state index is 0.0921. The Morgan fingerprint density at radius 3 is 2.14 bits per heavy atom. The van der Waals surface area contributed by atoms with Crippen LogP contribution in [-0.4, -0.2) is 93.3 Å². The van der Waals surface area contributed by atoms with E-state index in [1.165, 1.54) is 0 Å². The summed E-state index contributed by atoms with van der Waals surface area (Å²) in [5, 5.41) is 8.83. The lowest BCUT2D eigenvalue weighted by Gasteiger charge is -2.43. The first-order valence-corrected chi connectivity index (χ1v) is 14.0. The van der Waals surface area contributed by atoms with Crippen LogP contribution in [0.1, 0.15) is 44.3 Å². The first-order chi connectivity index (χ1) is 18.2. The Balaban J connectivity index is 0.978. The highest BCUT2D eigenvalue weighted by molar-refractivity contribution is 5.79. The Hall–Kier alpha value is -2.78. The number of carbonyl (C=O) groups is 2. The third-order valence-electron chi connectivity index (χ3n) is 8.84. The maximum Gasteiger partial charge on any atom is 0.226 e. The van der Waals surface area contributed by atoms with Gasteiger partial charge in [0.2, 0.25) is 11.8 Å². The van der Waals surface area contributed by atoms with Crippen LogP contribution in [-0.2, 0) is 27.4 Å². The van der Waals surface area contributed by atoms with Gasteiger partial charge in [0.15, 0.2) is 11.6 Å². The molecule has 9 heteroatoms. The molecule has 0 atom stereocenters. The number of piperidine rings is 2. The second-order valence-corrected chi connectivity index (χ2v) is 11.0. The molecule has 1 aromatic carbocycles. The van der Waals surface area contributed by atoms with Crippen molar-refractivity contribution in [2.45, 2.75) is 57.7 Å². The summed E-state index contributed by atoms with van der Waals surface area (Å²) in [5.74, 6) is 2.61. The lowest BCUT2D eigenvalue weighted by Crippen LogP contribution is -2.51. The number of aromatic nitrogens is 3. The fourth-order valence-corrected chi connectivity index (χ4v) is 6.57. The molecule has 0 radical (unpaired) electrons. The number of rotatable bonds is 4. The Kier molecular flexibility index (Phi) is 7.24. The first kappa shape index (κ1) is 24.6. The van der Waals surface area contributed by atoms with Gasteiger partial charge < -0.3 is 24.0 Å². The van der Waals surface area contributed by atoms with Gasteiger partial charge in [-0.1, -0.05) is 30.3 Å². The topological polar surface area (TPSA) is 83.8 Å². The second kappa shape index (κ2) is 10.9. The van der Waals surface area contributed by atoms with E-state index in [0.717, 1.165) is 88.5 Å². The van der Waals surface area contributed by atoms with E-state index in [0.29, 0.717) is 38.3 Å². The zero-order valence-corrected chi connectivity index (χ0v) is 21.6. The molecule has 0 unspecified atom stereocenters. The van der Waals surface area contributed by atoms with Gasteiger partial charge in [0.1, 0.15) is 0 Å². The van der Waals surface area contributed by atoms with Crippen LogP contribution in [0.4, 0.5) is 0 Å². The number of hydrogen-bond acceptors (Lipinski definition) is 6. The number of carbonyl (C=O) groups excluding carboxylic acids is 2. The molecule has 2 amide bonds. The number of hydrogen-bond donors (Lipinski definition) is 0. The molecule has 4 aliphatic rings. The van der Waals surface area contributed by atoms with Crippen LogP contribution >= 0.6 is 0 Å². The van der Waals surface area contributed by atoms with Crippen molar-refractivity contribution in [3.63, 3.8) is 0 Å². The molecule has 0 N–H and O–H groups in total. The minimum atomic E-state index is 0.0921. The average molecular weight is 507 g/mol. The molecule has 0 bridgehead atoms. The van der Waals surface area contributed by atoms with Gasteiger partial charge in [-0.25, -0.2) is 0 Å². The molecule has 6 rings (SSSR count). The van der Waals surface area contributed by atoms with Gasteiger partial charge in [-0.05, 0) is 51.6 Å². The molecule has 1 aromatic heterocycles. The van der Waals surface area contributed by atoms with Gasteiger partial charge in [-0.3, -0.25) is 9.59 Å². The van der Waals surface area contributed by atoms with Gasteiger partial charge in [0.05, 0.1) is 6.54 Å². The minimum Gasteiger partial charge on any atom is -0.381 e. The van der Waals surface area contributed by atoms with Crippen molar-refractivity contribution in [2.24, 2.45) is 11.8 Å². The van der Waals surface area contributed by atoms with Gasteiger partial charge >= 0.3 is 0 Å². The molecule has 4 aliphatic heterocycles. The smallest absolute Gasteiger partial charge is 0.226 e. The Labute approximate surface area is 218 Å². The molecule has 198 valence electrons. The van der Waals surface area contributed by atoms with Gasteiger partial charge in [-0.15, -0.1) is 10.2 Å². The summed E-state index contributed by atoms with van der Waals surface area (Å²) in [6, 6.07) is 10.7. The van der Waals surface area contributed by atoms with Crippen LogP contribution in [0.3, 0.4) is 0 Å². The molecule has 37 heavy (non-hydrogen) atoms. The maximum atomic E-state index is 13.4. The molecule has 2 aromatic rings.